The van der Waals surface area contributed by atoms with Gasteiger partial charge in [-0.3, -0.25) is 4.79 Å². The number of aliphatic hydroxyl groups excluding tert-OH is 3. The molecule has 0 saturated carbocycles. The number of amides is 1. The number of ether oxygens (including phenoxy) is 2. The molecule has 5 atom stereocenters. The Balaban J connectivity index is 1.94. The van der Waals surface area contributed by atoms with E-state index in [0.29, 0.717) is 11.3 Å². The lowest BCUT2D eigenvalue weighted by atomic mass is 9.96. The molecular weight excluding hydrogens is 405 g/mol. The van der Waals surface area contributed by atoms with Gasteiger partial charge in [-0.1, -0.05) is 31.5 Å². The average Bonchev–Trinajstić information content (AvgIpc) is 2.74. The van der Waals surface area contributed by atoms with Crippen LogP contribution in [0.5, 0.6) is 5.75 Å². The summed E-state index contributed by atoms with van der Waals surface area (Å²) in [6.45, 7) is 2.79. The minimum absolute atomic E-state index is 0.351. The zero-order valence-corrected chi connectivity index (χ0v) is 17.5. The number of rotatable bonds is 7. The van der Waals surface area contributed by atoms with Gasteiger partial charge < -0.3 is 30.1 Å². The van der Waals surface area contributed by atoms with Gasteiger partial charge in [-0.25, -0.2) is 4.39 Å². The molecule has 168 valence electrons. The van der Waals surface area contributed by atoms with Crippen LogP contribution in [0.2, 0.25) is 0 Å². The molecule has 31 heavy (non-hydrogen) atoms. The smallest absolute Gasteiger partial charge is 0.223 e. The maximum atomic E-state index is 13.8. The highest BCUT2D eigenvalue weighted by molar-refractivity contribution is 5.73. The lowest BCUT2D eigenvalue weighted by molar-refractivity contribution is -0.244. The SMILES string of the molecule is CCCc1ccc(OC2O[C@H](CO)[C@@H](O)[C@H](O)[C@H]2NC(C)=O)cc1-c1cccc(F)c1. The third-order valence-corrected chi connectivity index (χ3v) is 5.24. The van der Waals surface area contributed by atoms with E-state index in [0.717, 1.165) is 24.0 Å². The average molecular weight is 433 g/mol. The second-order valence-electron chi connectivity index (χ2n) is 7.63. The monoisotopic (exact) mass is 433 g/mol. The van der Waals surface area contributed by atoms with Gasteiger partial charge in [0.25, 0.3) is 0 Å². The van der Waals surface area contributed by atoms with Crippen LogP contribution >= 0.6 is 0 Å². The Labute approximate surface area is 180 Å². The van der Waals surface area contributed by atoms with E-state index in [9.17, 15) is 24.5 Å². The van der Waals surface area contributed by atoms with E-state index in [-0.39, 0.29) is 5.82 Å². The fraction of sp³-hybridized carbons (Fsp3) is 0.435. The lowest BCUT2D eigenvalue weighted by Crippen LogP contribution is -2.65. The number of carbonyl (C=O) groups is 1. The Morgan fingerprint density at radius 1 is 1.19 bits per heavy atom. The minimum atomic E-state index is -1.40. The van der Waals surface area contributed by atoms with E-state index >= 15 is 0 Å². The summed E-state index contributed by atoms with van der Waals surface area (Å²) in [6, 6.07) is 10.6. The quantitative estimate of drug-likeness (QED) is 0.530. The first kappa shape index (κ1) is 23.1. The molecule has 2 aromatic rings. The molecule has 8 heteroatoms. The van der Waals surface area contributed by atoms with Gasteiger partial charge in [0, 0.05) is 6.92 Å². The van der Waals surface area contributed by atoms with E-state index in [2.05, 4.69) is 12.2 Å². The first-order chi connectivity index (χ1) is 14.8. The first-order valence-corrected chi connectivity index (χ1v) is 10.3. The number of hydrogen-bond donors (Lipinski definition) is 4. The molecule has 1 saturated heterocycles. The molecule has 0 aromatic heterocycles. The second kappa shape index (κ2) is 10.2. The standard InChI is InChI=1S/C23H28FNO6/c1-3-5-14-8-9-17(11-18(14)15-6-4-7-16(24)10-15)30-23-20(25-13(2)27)22(29)21(28)19(12-26)31-23/h4,6-11,19-23,26,28-29H,3,5,12H2,1-2H3,(H,25,27)/t19-,20-,21-,22-,23?/m1/s1. The Hall–Kier alpha value is -2.52. The zero-order chi connectivity index (χ0) is 22.5. The summed E-state index contributed by atoms with van der Waals surface area (Å²) in [5.41, 5.74) is 2.51. The topological polar surface area (TPSA) is 108 Å². The van der Waals surface area contributed by atoms with Crippen molar-refractivity contribution < 1.29 is 34.0 Å². The van der Waals surface area contributed by atoms with Crippen LogP contribution in [0.15, 0.2) is 42.5 Å². The van der Waals surface area contributed by atoms with Gasteiger partial charge in [0.2, 0.25) is 12.2 Å². The van der Waals surface area contributed by atoms with Crippen molar-refractivity contribution in [1.82, 2.24) is 5.32 Å². The molecule has 1 amide bonds. The number of benzene rings is 2. The third kappa shape index (κ3) is 5.40. The largest absolute Gasteiger partial charge is 0.463 e. The van der Waals surface area contributed by atoms with Crippen molar-refractivity contribution in [3.8, 4) is 16.9 Å². The van der Waals surface area contributed by atoms with Crippen molar-refractivity contribution in [1.29, 1.82) is 0 Å². The van der Waals surface area contributed by atoms with Crippen molar-refractivity contribution in [2.75, 3.05) is 6.61 Å². The predicted molar refractivity (Wildman–Crippen MR) is 112 cm³/mol. The third-order valence-electron chi connectivity index (χ3n) is 5.24. The van der Waals surface area contributed by atoms with Crippen molar-refractivity contribution in [3.05, 3.63) is 53.8 Å². The zero-order valence-electron chi connectivity index (χ0n) is 17.5. The molecule has 1 unspecified atom stereocenters. The minimum Gasteiger partial charge on any atom is -0.463 e. The van der Waals surface area contributed by atoms with Gasteiger partial charge in [-0.15, -0.1) is 0 Å². The fourth-order valence-corrected chi connectivity index (χ4v) is 3.75. The summed E-state index contributed by atoms with van der Waals surface area (Å²) in [7, 11) is 0. The van der Waals surface area contributed by atoms with Gasteiger partial charge in [0.05, 0.1) is 6.61 Å². The number of hydrogen-bond acceptors (Lipinski definition) is 6. The van der Waals surface area contributed by atoms with Crippen LogP contribution in [-0.4, -0.2) is 58.5 Å². The van der Waals surface area contributed by atoms with E-state index in [4.69, 9.17) is 9.47 Å². The summed E-state index contributed by atoms with van der Waals surface area (Å²) in [6.07, 6.45) is -3.33. The Morgan fingerprint density at radius 2 is 1.97 bits per heavy atom. The first-order valence-electron chi connectivity index (χ1n) is 10.3. The van der Waals surface area contributed by atoms with E-state index in [1.165, 1.54) is 19.1 Å². The van der Waals surface area contributed by atoms with Crippen LogP contribution in [0.3, 0.4) is 0 Å². The van der Waals surface area contributed by atoms with Gasteiger partial charge in [-0.2, -0.15) is 0 Å². The van der Waals surface area contributed by atoms with Crippen LogP contribution in [0.1, 0.15) is 25.8 Å². The van der Waals surface area contributed by atoms with Crippen LogP contribution in [0, 0.1) is 5.82 Å². The number of nitrogens with one attached hydrogen (secondary N) is 1. The predicted octanol–water partition coefficient (Wildman–Crippen LogP) is 1.77. The summed E-state index contributed by atoms with van der Waals surface area (Å²) in [5, 5.41) is 32.6. The molecule has 3 rings (SSSR count). The molecule has 0 aliphatic carbocycles. The molecule has 0 spiro atoms. The Morgan fingerprint density at radius 3 is 2.61 bits per heavy atom. The Kier molecular flexibility index (Phi) is 7.61. The van der Waals surface area contributed by atoms with Crippen LogP contribution in [0.25, 0.3) is 11.1 Å². The van der Waals surface area contributed by atoms with Gasteiger partial charge >= 0.3 is 0 Å². The highest BCUT2D eigenvalue weighted by Crippen LogP contribution is 2.31. The van der Waals surface area contributed by atoms with Crippen molar-refractivity contribution in [2.24, 2.45) is 0 Å². The van der Waals surface area contributed by atoms with Crippen LogP contribution < -0.4 is 10.1 Å². The van der Waals surface area contributed by atoms with Crippen LogP contribution in [0.4, 0.5) is 4.39 Å². The van der Waals surface area contributed by atoms with E-state index in [1.807, 2.05) is 6.07 Å². The molecule has 1 fully saturated rings. The highest BCUT2D eigenvalue weighted by Gasteiger charge is 2.46. The number of aryl methyl sites for hydroxylation is 1. The van der Waals surface area contributed by atoms with E-state index < -0.39 is 43.2 Å². The van der Waals surface area contributed by atoms with Crippen molar-refractivity contribution >= 4 is 5.91 Å². The molecule has 0 radical (unpaired) electrons. The van der Waals surface area contributed by atoms with E-state index in [1.54, 1.807) is 24.3 Å². The number of halogens is 1. The highest BCUT2D eigenvalue weighted by atomic mass is 19.1. The summed E-state index contributed by atoms with van der Waals surface area (Å²) >= 11 is 0. The summed E-state index contributed by atoms with van der Waals surface area (Å²) < 4.78 is 25.4. The fourth-order valence-electron chi connectivity index (χ4n) is 3.75. The molecule has 1 aliphatic rings. The summed E-state index contributed by atoms with van der Waals surface area (Å²) in [4.78, 5) is 11.6. The second-order valence-corrected chi connectivity index (χ2v) is 7.63. The number of aliphatic hydroxyl groups is 3. The maximum absolute atomic E-state index is 13.8. The van der Waals surface area contributed by atoms with Crippen molar-refractivity contribution in [3.63, 3.8) is 0 Å². The maximum Gasteiger partial charge on any atom is 0.223 e. The Bertz CT molecular complexity index is 907. The number of carbonyl (C=O) groups excluding carboxylic acids is 1. The molecule has 2 aromatic carbocycles. The van der Waals surface area contributed by atoms with Crippen molar-refractivity contribution in [2.45, 2.75) is 57.3 Å². The summed E-state index contributed by atoms with van der Waals surface area (Å²) in [5.74, 6) is -0.412. The van der Waals surface area contributed by atoms with Gasteiger partial charge in [0.15, 0.2) is 0 Å². The normalized spacial score (nSPS) is 25.8. The lowest BCUT2D eigenvalue weighted by Gasteiger charge is -2.42. The molecule has 0 bridgehead atoms. The van der Waals surface area contributed by atoms with Crippen LogP contribution in [-0.2, 0) is 16.0 Å². The van der Waals surface area contributed by atoms with Gasteiger partial charge in [-0.05, 0) is 47.4 Å². The molecule has 1 heterocycles. The molecule has 7 nitrogen and oxygen atoms in total. The molecule has 4 N–H and O–H groups in total. The van der Waals surface area contributed by atoms with Gasteiger partial charge in [0.1, 0.15) is 35.9 Å². The molecule has 1 aliphatic heterocycles. The molecular formula is C23H28FNO6.